The lowest BCUT2D eigenvalue weighted by Crippen LogP contribution is -1.87. The maximum atomic E-state index is 10.8. The molecule has 1 aromatic rings. The lowest BCUT2D eigenvalue weighted by Gasteiger charge is -1.78. The van der Waals surface area contributed by atoms with Crippen molar-refractivity contribution < 1.29 is 4.79 Å². The van der Waals surface area contributed by atoms with Gasteiger partial charge < -0.3 is 0 Å². The number of hydrogen-bond acceptors (Lipinski definition) is 3. The highest BCUT2D eigenvalue weighted by atomic mass is 32.1. The van der Waals surface area contributed by atoms with E-state index in [1.165, 1.54) is 17.5 Å². The molecule has 0 amide bonds. The van der Waals surface area contributed by atoms with E-state index in [0.29, 0.717) is 4.88 Å². The van der Waals surface area contributed by atoms with Crippen molar-refractivity contribution in [3.63, 3.8) is 0 Å². The average molecular weight is 151 g/mol. The molecule has 1 heterocycles. The van der Waals surface area contributed by atoms with Crippen LogP contribution in [-0.4, -0.2) is 10.8 Å². The molecule has 2 nitrogen and oxygen atoms in total. The fourth-order valence-electron chi connectivity index (χ4n) is 0.537. The number of terminal acetylenes is 1. The Bertz CT molecular complexity index is 295. The van der Waals surface area contributed by atoms with Crippen molar-refractivity contribution in [3.05, 3.63) is 16.1 Å². The van der Waals surface area contributed by atoms with E-state index in [2.05, 4.69) is 4.98 Å². The second-order valence-corrected chi connectivity index (χ2v) is 2.95. The minimum Gasteiger partial charge on any atom is -0.278 e. The molecule has 0 aromatic carbocycles. The predicted octanol–water partition coefficient (Wildman–Crippen LogP) is 1.27. The Morgan fingerprint density at radius 3 is 3.00 bits per heavy atom. The minimum atomic E-state index is -0.286. The summed E-state index contributed by atoms with van der Waals surface area (Å²) >= 11 is 1.32. The van der Waals surface area contributed by atoms with E-state index < -0.39 is 0 Å². The third kappa shape index (κ3) is 1.23. The van der Waals surface area contributed by atoms with Gasteiger partial charge in [0.25, 0.3) is 0 Å². The molecular weight excluding hydrogens is 146 g/mol. The fourth-order valence-corrected chi connectivity index (χ4v) is 1.22. The number of nitrogens with zero attached hydrogens (tertiary/aromatic N) is 1. The van der Waals surface area contributed by atoms with Crippen molar-refractivity contribution in [2.24, 2.45) is 0 Å². The van der Waals surface area contributed by atoms with Crippen LogP contribution >= 0.6 is 11.3 Å². The molecule has 3 heteroatoms. The Morgan fingerprint density at radius 1 is 1.90 bits per heavy atom. The largest absolute Gasteiger partial charge is 0.278 e. The normalized spacial score (nSPS) is 8.80. The summed E-state index contributed by atoms with van der Waals surface area (Å²) in [5.74, 6) is 1.74. The number of Topliss-reactive ketones (excluding diaryl/α,β-unsaturated/α-hetero) is 1. The Labute approximate surface area is 62.9 Å². The van der Waals surface area contributed by atoms with Gasteiger partial charge in [-0.3, -0.25) is 4.79 Å². The topological polar surface area (TPSA) is 30.0 Å². The summed E-state index contributed by atoms with van der Waals surface area (Å²) in [6.45, 7) is 1.83. The molecule has 0 saturated carbocycles. The van der Waals surface area contributed by atoms with Crippen LogP contribution in [0.1, 0.15) is 14.7 Å². The molecule has 0 aliphatic rings. The molecule has 0 spiro atoms. The van der Waals surface area contributed by atoms with Gasteiger partial charge in [0.15, 0.2) is 0 Å². The lowest BCUT2D eigenvalue weighted by atomic mass is 10.4. The first kappa shape index (κ1) is 6.97. The Balaban J connectivity index is 2.98. The highest BCUT2D eigenvalue weighted by molar-refractivity contribution is 7.13. The number of thiazole rings is 1. The van der Waals surface area contributed by atoms with E-state index in [1.807, 2.05) is 12.8 Å². The zero-order valence-corrected chi connectivity index (χ0v) is 6.23. The standard InChI is InChI=1S/C7H5NOS/c1-3-6(9)7-4-8-5(2)10-7/h1,4H,2H3. The molecule has 0 atom stereocenters. The number of rotatable bonds is 1. The molecule has 10 heavy (non-hydrogen) atoms. The molecule has 0 radical (unpaired) electrons. The minimum absolute atomic E-state index is 0.286. The van der Waals surface area contributed by atoms with Gasteiger partial charge in [-0.05, 0) is 12.8 Å². The molecule has 0 aliphatic heterocycles. The number of aromatic nitrogens is 1. The van der Waals surface area contributed by atoms with E-state index in [1.54, 1.807) is 0 Å². The summed E-state index contributed by atoms with van der Waals surface area (Å²) in [5.41, 5.74) is 0. The molecule has 0 saturated heterocycles. The highest BCUT2D eigenvalue weighted by Crippen LogP contribution is 2.11. The second kappa shape index (κ2) is 2.63. The average Bonchev–Trinajstić information content (AvgIpc) is 2.34. The zero-order chi connectivity index (χ0) is 7.56. The Kier molecular flexibility index (Phi) is 1.83. The third-order valence-electron chi connectivity index (χ3n) is 0.976. The van der Waals surface area contributed by atoms with Gasteiger partial charge in [-0.2, -0.15) is 0 Å². The summed E-state index contributed by atoms with van der Waals surface area (Å²) in [7, 11) is 0. The van der Waals surface area contributed by atoms with Crippen LogP contribution in [0.25, 0.3) is 0 Å². The first-order chi connectivity index (χ1) is 4.74. The van der Waals surface area contributed by atoms with Crippen LogP contribution in [0.3, 0.4) is 0 Å². The summed E-state index contributed by atoms with van der Waals surface area (Å²) in [6.07, 6.45) is 6.39. The Morgan fingerprint density at radius 2 is 2.60 bits per heavy atom. The molecule has 0 N–H and O–H groups in total. The van der Waals surface area contributed by atoms with Crippen LogP contribution in [-0.2, 0) is 0 Å². The second-order valence-electron chi connectivity index (χ2n) is 1.72. The zero-order valence-electron chi connectivity index (χ0n) is 5.42. The van der Waals surface area contributed by atoms with E-state index in [4.69, 9.17) is 6.42 Å². The number of carbonyl (C=O) groups excluding carboxylic acids is 1. The van der Waals surface area contributed by atoms with Gasteiger partial charge in [0.1, 0.15) is 4.88 Å². The van der Waals surface area contributed by atoms with Crippen LogP contribution in [0.15, 0.2) is 6.20 Å². The van der Waals surface area contributed by atoms with Gasteiger partial charge in [0.2, 0.25) is 5.78 Å². The number of aryl methyl sites for hydroxylation is 1. The summed E-state index contributed by atoms with van der Waals surface area (Å²) in [5, 5.41) is 0.860. The Hall–Kier alpha value is -1.14. The fraction of sp³-hybridized carbons (Fsp3) is 0.143. The van der Waals surface area contributed by atoms with Gasteiger partial charge in [-0.25, -0.2) is 4.98 Å². The van der Waals surface area contributed by atoms with E-state index >= 15 is 0 Å². The summed E-state index contributed by atoms with van der Waals surface area (Å²) < 4.78 is 0. The van der Waals surface area contributed by atoms with Crippen LogP contribution in [0.2, 0.25) is 0 Å². The van der Waals surface area contributed by atoms with Crippen LogP contribution < -0.4 is 0 Å². The number of ketones is 1. The summed E-state index contributed by atoms with van der Waals surface area (Å²) in [4.78, 5) is 15.2. The monoisotopic (exact) mass is 151 g/mol. The lowest BCUT2D eigenvalue weighted by molar-refractivity contribution is 0.106. The van der Waals surface area contributed by atoms with E-state index in [0.717, 1.165) is 5.01 Å². The molecule has 1 aromatic heterocycles. The van der Waals surface area contributed by atoms with Gasteiger partial charge in [-0.15, -0.1) is 17.8 Å². The van der Waals surface area contributed by atoms with Crippen molar-refractivity contribution in [2.45, 2.75) is 6.92 Å². The van der Waals surface area contributed by atoms with E-state index in [9.17, 15) is 4.79 Å². The number of hydrogen-bond donors (Lipinski definition) is 0. The first-order valence-electron chi connectivity index (χ1n) is 2.67. The molecule has 0 fully saturated rings. The predicted molar refractivity (Wildman–Crippen MR) is 40.0 cm³/mol. The molecule has 0 bridgehead atoms. The molecule has 1 rings (SSSR count). The van der Waals surface area contributed by atoms with Crippen molar-refractivity contribution >= 4 is 17.1 Å². The van der Waals surface area contributed by atoms with Gasteiger partial charge in [0, 0.05) is 0 Å². The maximum Gasteiger partial charge on any atom is 0.247 e. The highest BCUT2D eigenvalue weighted by Gasteiger charge is 2.03. The molecule has 50 valence electrons. The van der Waals surface area contributed by atoms with Crippen molar-refractivity contribution in [1.82, 2.24) is 4.98 Å². The number of carbonyl (C=O) groups is 1. The van der Waals surface area contributed by atoms with Crippen LogP contribution in [0.4, 0.5) is 0 Å². The quantitative estimate of drug-likeness (QED) is 0.343. The first-order valence-corrected chi connectivity index (χ1v) is 3.49. The van der Waals surface area contributed by atoms with Crippen molar-refractivity contribution in [1.29, 1.82) is 0 Å². The van der Waals surface area contributed by atoms with Gasteiger partial charge in [0.05, 0.1) is 11.2 Å². The van der Waals surface area contributed by atoms with Crippen LogP contribution in [0, 0.1) is 19.3 Å². The molecular formula is C7H5NOS. The maximum absolute atomic E-state index is 10.8. The van der Waals surface area contributed by atoms with E-state index in [-0.39, 0.29) is 5.78 Å². The SMILES string of the molecule is C#CC(=O)c1cnc(C)s1. The third-order valence-corrected chi connectivity index (χ3v) is 1.89. The van der Waals surface area contributed by atoms with Crippen LogP contribution in [0.5, 0.6) is 0 Å². The van der Waals surface area contributed by atoms with Crippen molar-refractivity contribution in [2.75, 3.05) is 0 Å². The smallest absolute Gasteiger partial charge is 0.247 e. The van der Waals surface area contributed by atoms with Crippen molar-refractivity contribution in [3.8, 4) is 12.3 Å². The molecule has 0 unspecified atom stereocenters. The van der Waals surface area contributed by atoms with Gasteiger partial charge in [-0.1, -0.05) is 0 Å². The molecule has 0 aliphatic carbocycles. The van der Waals surface area contributed by atoms with Gasteiger partial charge >= 0.3 is 0 Å². The summed E-state index contributed by atoms with van der Waals surface area (Å²) in [6, 6.07) is 0.